The molecule has 2 unspecified atom stereocenters. The Hall–Kier alpha value is -0.990. The molecular formula is C73H147NO8P+. The van der Waals surface area contributed by atoms with Gasteiger partial charge in [-0.15, -0.1) is 0 Å². The zero-order valence-electron chi connectivity index (χ0n) is 56.7. The summed E-state index contributed by atoms with van der Waals surface area (Å²) in [6.45, 7) is 4.54. The second-order valence-corrected chi connectivity index (χ2v) is 28.5. The van der Waals surface area contributed by atoms with Crippen molar-refractivity contribution < 1.29 is 42.1 Å². The lowest BCUT2D eigenvalue weighted by Crippen LogP contribution is -2.37. The van der Waals surface area contributed by atoms with Gasteiger partial charge in [-0.2, -0.15) is 0 Å². The van der Waals surface area contributed by atoms with Gasteiger partial charge < -0.3 is 18.9 Å². The van der Waals surface area contributed by atoms with Crippen LogP contribution in [0.4, 0.5) is 0 Å². The highest BCUT2D eigenvalue weighted by molar-refractivity contribution is 7.47. The number of rotatable bonds is 71. The van der Waals surface area contributed by atoms with Gasteiger partial charge in [0.15, 0.2) is 6.10 Å². The van der Waals surface area contributed by atoms with E-state index >= 15 is 0 Å². The quantitative estimate of drug-likeness (QED) is 0.0278. The van der Waals surface area contributed by atoms with Crippen molar-refractivity contribution in [3.8, 4) is 0 Å². The number of quaternary nitrogens is 1. The van der Waals surface area contributed by atoms with Crippen LogP contribution in [0.25, 0.3) is 0 Å². The van der Waals surface area contributed by atoms with Crippen LogP contribution >= 0.6 is 7.82 Å². The van der Waals surface area contributed by atoms with Gasteiger partial charge in [0.2, 0.25) is 0 Å². The molecule has 0 fully saturated rings. The average Bonchev–Trinajstić information content (AvgIpc) is 3.49. The third kappa shape index (κ3) is 70.0. The lowest BCUT2D eigenvalue weighted by atomic mass is 10.0. The fourth-order valence-corrected chi connectivity index (χ4v) is 12.4. The van der Waals surface area contributed by atoms with Crippen LogP contribution in [0.15, 0.2) is 0 Å². The highest BCUT2D eigenvalue weighted by Gasteiger charge is 2.27. The number of hydrogen-bond donors (Lipinski definition) is 1. The summed E-state index contributed by atoms with van der Waals surface area (Å²) >= 11 is 0. The zero-order valence-corrected chi connectivity index (χ0v) is 57.6. The monoisotopic (exact) mass is 1200 g/mol. The number of unbranched alkanes of at least 4 members (excludes halogenated alkanes) is 57. The van der Waals surface area contributed by atoms with Gasteiger partial charge in [0.1, 0.15) is 19.8 Å². The normalized spacial score (nSPS) is 13.0. The third-order valence-electron chi connectivity index (χ3n) is 17.4. The number of carbonyl (C=O) groups is 2. The minimum atomic E-state index is -4.39. The number of phosphoric ester groups is 1. The van der Waals surface area contributed by atoms with E-state index in [1.165, 1.54) is 340 Å². The van der Waals surface area contributed by atoms with Gasteiger partial charge >= 0.3 is 19.8 Å². The maximum Gasteiger partial charge on any atom is 0.472 e. The van der Waals surface area contributed by atoms with E-state index in [1.54, 1.807) is 0 Å². The summed E-state index contributed by atoms with van der Waals surface area (Å²) in [7, 11) is 1.51. The van der Waals surface area contributed by atoms with E-state index in [1.807, 2.05) is 21.1 Å². The molecule has 83 heavy (non-hydrogen) atoms. The van der Waals surface area contributed by atoms with Gasteiger partial charge in [0, 0.05) is 12.8 Å². The van der Waals surface area contributed by atoms with E-state index in [2.05, 4.69) is 13.8 Å². The molecule has 0 bridgehead atoms. The molecule has 0 aromatic carbocycles. The molecule has 9 nitrogen and oxygen atoms in total. The topological polar surface area (TPSA) is 108 Å². The molecule has 0 aromatic heterocycles. The van der Waals surface area contributed by atoms with Crippen LogP contribution < -0.4 is 0 Å². The molecule has 0 saturated heterocycles. The van der Waals surface area contributed by atoms with Gasteiger partial charge in [-0.3, -0.25) is 18.6 Å². The van der Waals surface area contributed by atoms with E-state index in [-0.39, 0.29) is 25.6 Å². The van der Waals surface area contributed by atoms with Crippen molar-refractivity contribution in [3.63, 3.8) is 0 Å². The van der Waals surface area contributed by atoms with Crippen molar-refractivity contribution in [2.75, 3.05) is 47.5 Å². The van der Waals surface area contributed by atoms with Crippen LogP contribution in [0.2, 0.25) is 0 Å². The number of carbonyl (C=O) groups excluding carboxylic acids is 2. The van der Waals surface area contributed by atoms with Gasteiger partial charge in [-0.25, -0.2) is 4.57 Å². The summed E-state index contributed by atoms with van der Waals surface area (Å²) < 4.78 is 34.8. The zero-order chi connectivity index (χ0) is 60.5. The Morgan fingerprint density at radius 2 is 0.542 bits per heavy atom. The average molecular weight is 1200 g/mol. The molecule has 0 radical (unpaired) electrons. The molecule has 0 amide bonds. The summed E-state index contributed by atoms with van der Waals surface area (Å²) in [6, 6.07) is 0. The van der Waals surface area contributed by atoms with Gasteiger partial charge in [-0.05, 0) is 12.8 Å². The van der Waals surface area contributed by atoms with Gasteiger partial charge in [0.05, 0.1) is 27.7 Å². The molecule has 0 aliphatic carbocycles. The molecule has 0 spiro atoms. The van der Waals surface area contributed by atoms with Crippen molar-refractivity contribution >= 4 is 19.8 Å². The molecule has 0 aromatic rings. The highest BCUT2D eigenvalue weighted by Crippen LogP contribution is 2.43. The van der Waals surface area contributed by atoms with Crippen molar-refractivity contribution in [1.29, 1.82) is 0 Å². The largest absolute Gasteiger partial charge is 0.472 e. The first-order valence-electron chi connectivity index (χ1n) is 37.3. The molecule has 0 heterocycles. The minimum Gasteiger partial charge on any atom is -0.462 e. The lowest BCUT2D eigenvalue weighted by molar-refractivity contribution is -0.870. The van der Waals surface area contributed by atoms with E-state index in [0.29, 0.717) is 17.4 Å². The highest BCUT2D eigenvalue weighted by atomic mass is 31.2. The molecule has 0 aliphatic heterocycles. The van der Waals surface area contributed by atoms with E-state index < -0.39 is 26.5 Å². The first kappa shape index (κ1) is 82.0. The number of nitrogens with zero attached hydrogens (tertiary/aromatic N) is 1. The van der Waals surface area contributed by atoms with Crippen molar-refractivity contribution in [2.45, 2.75) is 412 Å². The summed E-state index contributed by atoms with van der Waals surface area (Å²) in [5, 5.41) is 0. The Bertz CT molecular complexity index is 1360. The summed E-state index contributed by atoms with van der Waals surface area (Å²) in [5.74, 6) is -0.766. The SMILES string of the molecule is CCCCCCCCCCCCCCCCCCCCCCCCCCCCCCCCCCCCCC(=O)OC(COC(=O)CCCCCCCCCCCCCCCCCCCCCCCCCC)COP(=O)(O)OCC[N+](C)(C)C. The van der Waals surface area contributed by atoms with Crippen molar-refractivity contribution in [3.05, 3.63) is 0 Å². The minimum absolute atomic E-state index is 0.0378. The third-order valence-corrected chi connectivity index (χ3v) is 18.4. The predicted octanol–water partition coefficient (Wildman–Crippen LogP) is 24.1. The Labute approximate surface area is 518 Å². The molecule has 496 valence electrons. The second-order valence-electron chi connectivity index (χ2n) is 27.1. The first-order chi connectivity index (χ1) is 40.5. The number of likely N-dealkylation sites (N-methyl/N-ethyl adjacent to an activating group) is 1. The van der Waals surface area contributed by atoms with Crippen LogP contribution in [0, 0.1) is 0 Å². The van der Waals surface area contributed by atoms with Crippen molar-refractivity contribution in [2.24, 2.45) is 0 Å². The second kappa shape index (κ2) is 65.5. The molecule has 1 N–H and O–H groups in total. The molecule has 0 saturated carbocycles. The smallest absolute Gasteiger partial charge is 0.462 e. The Kier molecular flexibility index (Phi) is 64.7. The van der Waals surface area contributed by atoms with Crippen LogP contribution in [-0.4, -0.2) is 74.9 Å². The summed E-state index contributed by atoms with van der Waals surface area (Å²) in [6.07, 6.45) is 79.5. The van der Waals surface area contributed by atoms with Crippen LogP contribution in [0.3, 0.4) is 0 Å². The number of phosphoric acid groups is 1. The Morgan fingerprint density at radius 1 is 0.325 bits per heavy atom. The summed E-state index contributed by atoms with van der Waals surface area (Å²) in [4.78, 5) is 35.9. The molecule has 10 heteroatoms. The predicted molar refractivity (Wildman–Crippen MR) is 358 cm³/mol. The maximum absolute atomic E-state index is 12.9. The van der Waals surface area contributed by atoms with E-state index in [9.17, 15) is 19.0 Å². The van der Waals surface area contributed by atoms with E-state index in [4.69, 9.17) is 18.5 Å². The van der Waals surface area contributed by atoms with Crippen LogP contribution in [0.5, 0.6) is 0 Å². The molecule has 0 rings (SSSR count). The number of ether oxygens (including phenoxy) is 2. The Morgan fingerprint density at radius 3 is 0.771 bits per heavy atom. The maximum atomic E-state index is 12.9. The number of hydrogen-bond acceptors (Lipinski definition) is 7. The number of esters is 2. The fourth-order valence-electron chi connectivity index (χ4n) is 11.7. The first-order valence-corrected chi connectivity index (χ1v) is 38.8. The van der Waals surface area contributed by atoms with E-state index in [0.717, 1.165) is 38.5 Å². The van der Waals surface area contributed by atoms with Gasteiger partial charge in [-0.1, -0.05) is 380 Å². The standard InChI is InChI=1S/C73H146NO8P/c1-6-8-10-12-14-16-18-20-22-24-26-28-30-32-33-34-35-36-37-38-39-40-41-42-44-46-48-50-52-54-56-58-60-62-64-66-73(76)82-71(70-81-83(77,78)80-68-67-74(3,4)5)69-79-72(75)65-63-61-59-57-55-53-51-49-47-45-43-31-29-27-25-23-21-19-17-15-13-11-9-7-2/h71H,6-70H2,1-5H3/p+1. The molecule has 0 aliphatic rings. The fraction of sp³-hybridized carbons (Fsp3) is 0.973. The van der Waals surface area contributed by atoms with Crippen LogP contribution in [0.1, 0.15) is 406 Å². The molecular weight excluding hydrogens is 1050 g/mol. The summed E-state index contributed by atoms with van der Waals surface area (Å²) in [5.41, 5.74) is 0. The van der Waals surface area contributed by atoms with Crippen LogP contribution in [-0.2, 0) is 32.7 Å². The van der Waals surface area contributed by atoms with Gasteiger partial charge in [0.25, 0.3) is 0 Å². The Balaban J connectivity index is 3.91. The molecule has 2 atom stereocenters. The lowest BCUT2D eigenvalue weighted by Gasteiger charge is -2.24. The van der Waals surface area contributed by atoms with Crippen molar-refractivity contribution in [1.82, 2.24) is 0 Å².